The molecule has 2 rings (SSSR count). The van der Waals surface area contributed by atoms with Gasteiger partial charge in [-0.2, -0.15) is 4.37 Å². The number of methoxy groups -OCH3 is 1. The van der Waals surface area contributed by atoms with E-state index in [1.807, 2.05) is 0 Å². The number of halogens is 1. The Hall–Kier alpha value is -0.0000000000000000555. The lowest BCUT2D eigenvalue weighted by atomic mass is 10.0. The van der Waals surface area contributed by atoms with Gasteiger partial charge in [-0.15, -0.1) is 0 Å². The van der Waals surface area contributed by atoms with Crippen LogP contribution in [0.3, 0.4) is 0 Å². The van der Waals surface area contributed by atoms with Gasteiger partial charge in [-0.25, -0.2) is 4.98 Å². The van der Waals surface area contributed by atoms with E-state index in [9.17, 15) is 0 Å². The molecule has 1 aromatic heterocycles. The van der Waals surface area contributed by atoms with Crippen LogP contribution in [0.1, 0.15) is 31.5 Å². The van der Waals surface area contributed by atoms with Crippen molar-refractivity contribution in [3.63, 3.8) is 0 Å². The average molecular weight is 263 g/mol. The monoisotopic (exact) mass is 262 g/mol. The summed E-state index contributed by atoms with van der Waals surface area (Å²) < 4.78 is 10.7. The van der Waals surface area contributed by atoms with Crippen LogP contribution >= 0.6 is 27.5 Å². The minimum atomic E-state index is -0.192. The maximum atomic E-state index is 5.56. The lowest BCUT2D eigenvalue weighted by Crippen LogP contribution is -2.25. The van der Waals surface area contributed by atoms with Crippen LogP contribution in [-0.4, -0.2) is 16.5 Å². The number of nitrogens with zero attached hydrogens (tertiary/aromatic N) is 2. The van der Waals surface area contributed by atoms with Gasteiger partial charge in [0.2, 0.25) is 0 Å². The highest BCUT2D eigenvalue weighted by Crippen LogP contribution is 2.40. The van der Waals surface area contributed by atoms with E-state index >= 15 is 0 Å². The highest BCUT2D eigenvalue weighted by atomic mass is 79.9. The predicted octanol–water partition coefficient (Wildman–Crippen LogP) is 2.72. The Balaban J connectivity index is 2.30. The Morgan fingerprint density at radius 1 is 1.46 bits per heavy atom. The molecule has 0 unspecified atom stereocenters. The molecule has 0 saturated heterocycles. The van der Waals surface area contributed by atoms with Gasteiger partial charge < -0.3 is 4.74 Å². The molecule has 1 aromatic rings. The van der Waals surface area contributed by atoms with Crippen LogP contribution in [0, 0.1) is 0 Å². The topological polar surface area (TPSA) is 35.0 Å². The Labute approximate surface area is 89.8 Å². The molecular weight excluding hydrogens is 252 g/mol. The van der Waals surface area contributed by atoms with E-state index in [0.29, 0.717) is 0 Å². The molecular formula is C8H11BrN2OS. The smallest absolute Gasteiger partial charge is 0.179 e. The number of aromatic nitrogens is 2. The second kappa shape index (κ2) is 3.63. The van der Waals surface area contributed by atoms with Crippen LogP contribution in [0.5, 0.6) is 0 Å². The van der Waals surface area contributed by atoms with Gasteiger partial charge in [0.25, 0.3) is 0 Å². The van der Waals surface area contributed by atoms with Gasteiger partial charge in [-0.3, -0.25) is 0 Å². The summed E-state index contributed by atoms with van der Waals surface area (Å²) in [5.41, 5.74) is -0.192. The summed E-state index contributed by atoms with van der Waals surface area (Å²) in [6.45, 7) is 0. The second-order valence-electron chi connectivity index (χ2n) is 3.28. The van der Waals surface area contributed by atoms with Crippen molar-refractivity contribution in [2.45, 2.75) is 31.3 Å². The minimum absolute atomic E-state index is 0.192. The zero-order valence-corrected chi connectivity index (χ0v) is 9.82. The van der Waals surface area contributed by atoms with E-state index in [0.717, 1.165) is 22.6 Å². The van der Waals surface area contributed by atoms with Gasteiger partial charge in [-0.05, 0) is 53.1 Å². The molecule has 1 fully saturated rings. The Kier molecular flexibility index (Phi) is 2.67. The number of rotatable bonds is 2. The van der Waals surface area contributed by atoms with Crippen LogP contribution in [-0.2, 0) is 10.3 Å². The summed E-state index contributed by atoms with van der Waals surface area (Å²) in [4.78, 5) is 4.33. The molecule has 0 amide bonds. The van der Waals surface area contributed by atoms with Crippen molar-refractivity contribution in [1.29, 1.82) is 0 Å². The highest BCUT2D eigenvalue weighted by molar-refractivity contribution is 9.11. The third kappa shape index (κ3) is 1.65. The van der Waals surface area contributed by atoms with E-state index < -0.39 is 0 Å². The molecule has 1 saturated carbocycles. The largest absolute Gasteiger partial charge is 0.370 e. The molecule has 3 nitrogen and oxygen atoms in total. The maximum Gasteiger partial charge on any atom is 0.179 e. The first-order valence-corrected chi connectivity index (χ1v) is 5.88. The van der Waals surface area contributed by atoms with Gasteiger partial charge in [0.05, 0.1) is 0 Å². The second-order valence-corrected chi connectivity index (χ2v) is 5.30. The first kappa shape index (κ1) is 9.55. The molecule has 0 N–H and O–H groups in total. The standard InChI is InChI=1S/C8H11BrN2OS/c1-12-8(4-2-3-5-8)6-10-7(9)13-11-6/h2-5H2,1H3. The highest BCUT2D eigenvalue weighted by Gasteiger charge is 2.39. The molecule has 0 atom stereocenters. The molecule has 1 aliphatic rings. The van der Waals surface area contributed by atoms with E-state index in [-0.39, 0.29) is 5.60 Å². The van der Waals surface area contributed by atoms with Crippen LogP contribution in [0.15, 0.2) is 3.92 Å². The van der Waals surface area contributed by atoms with Crippen molar-refractivity contribution in [1.82, 2.24) is 9.36 Å². The van der Waals surface area contributed by atoms with Crippen LogP contribution in [0.4, 0.5) is 0 Å². The summed E-state index contributed by atoms with van der Waals surface area (Å²) in [7, 11) is 1.75. The minimum Gasteiger partial charge on any atom is -0.370 e. The number of hydrogen-bond acceptors (Lipinski definition) is 4. The zero-order chi connectivity index (χ0) is 9.31. The normalized spacial score (nSPS) is 20.8. The fourth-order valence-corrected chi connectivity index (χ4v) is 2.74. The lowest BCUT2D eigenvalue weighted by Gasteiger charge is -2.23. The molecule has 0 aromatic carbocycles. The third-order valence-electron chi connectivity index (χ3n) is 2.61. The summed E-state index contributed by atoms with van der Waals surface area (Å²) in [6, 6.07) is 0. The zero-order valence-electron chi connectivity index (χ0n) is 7.42. The molecule has 0 spiro atoms. The van der Waals surface area contributed by atoms with Gasteiger partial charge in [0.15, 0.2) is 9.74 Å². The fourth-order valence-electron chi connectivity index (χ4n) is 1.86. The van der Waals surface area contributed by atoms with Crippen LogP contribution in [0.2, 0.25) is 0 Å². The van der Waals surface area contributed by atoms with E-state index in [2.05, 4.69) is 25.3 Å². The summed E-state index contributed by atoms with van der Waals surface area (Å²) >= 11 is 4.70. The average Bonchev–Trinajstić information content (AvgIpc) is 2.73. The van der Waals surface area contributed by atoms with Crippen molar-refractivity contribution < 1.29 is 4.74 Å². The predicted molar refractivity (Wildman–Crippen MR) is 54.8 cm³/mol. The quantitative estimate of drug-likeness (QED) is 0.822. The molecule has 0 radical (unpaired) electrons. The van der Waals surface area contributed by atoms with Gasteiger partial charge >= 0.3 is 0 Å². The van der Waals surface area contributed by atoms with Crippen molar-refractivity contribution >= 4 is 27.5 Å². The third-order valence-corrected chi connectivity index (χ3v) is 3.73. The first-order chi connectivity index (χ1) is 6.27. The van der Waals surface area contributed by atoms with Crippen LogP contribution in [0.25, 0.3) is 0 Å². The Bertz CT molecular complexity index is 296. The van der Waals surface area contributed by atoms with Crippen LogP contribution < -0.4 is 0 Å². The summed E-state index contributed by atoms with van der Waals surface area (Å²) in [6.07, 6.45) is 4.52. The van der Waals surface area contributed by atoms with Crippen molar-refractivity contribution in [2.75, 3.05) is 7.11 Å². The van der Waals surface area contributed by atoms with Gasteiger partial charge in [-0.1, -0.05) is 0 Å². The number of ether oxygens (including phenoxy) is 1. The lowest BCUT2D eigenvalue weighted by molar-refractivity contribution is -0.0154. The van der Waals surface area contributed by atoms with Gasteiger partial charge in [0.1, 0.15) is 5.60 Å². The van der Waals surface area contributed by atoms with Gasteiger partial charge in [0, 0.05) is 7.11 Å². The summed E-state index contributed by atoms with van der Waals surface area (Å²) in [5.74, 6) is 0.851. The molecule has 0 bridgehead atoms. The Morgan fingerprint density at radius 3 is 2.62 bits per heavy atom. The van der Waals surface area contributed by atoms with E-state index in [1.54, 1.807) is 7.11 Å². The Morgan fingerprint density at radius 2 is 2.15 bits per heavy atom. The molecule has 1 heterocycles. The fraction of sp³-hybridized carbons (Fsp3) is 0.750. The van der Waals surface area contributed by atoms with E-state index in [4.69, 9.17) is 4.74 Å². The van der Waals surface area contributed by atoms with Crippen molar-refractivity contribution in [3.05, 3.63) is 9.74 Å². The summed E-state index contributed by atoms with van der Waals surface area (Å²) in [5, 5.41) is 0. The molecule has 72 valence electrons. The SMILES string of the molecule is COC1(c2nsc(Br)n2)CCCC1. The maximum absolute atomic E-state index is 5.56. The molecule has 13 heavy (non-hydrogen) atoms. The molecule has 5 heteroatoms. The first-order valence-electron chi connectivity index (χ1n) is 4.32. The van der Waals surface area contributed by atoms with Crippen molar-refractivity contribution in [3.8, 4) is 0 Å². The molecule has 1 aliphatic carbocycles. The number of hydrogen-bond donors (Lipinski definition) is 0. The van der Waals surface area contributed by atoms with E-state index in [1.165, 1.54) is 24.4 Å². The molecule has 0 aliphatic heterocycles. The van der Waals surface area contributed by atoms with Crippen molar-refractivity contribution in [2.24, 2.45) is 0 Å².